The number of carbonyl (C=O) groups excluding carboxylic acids is 2. The van der Waals surface area contributed by atoms with Gasteiger partial charge in [0, 0.05) is 16.5 Å². The van der Waals surface area contributed by atoms with Crippen molar-refractivity contribution >= 4 is 46.9 Å². The molecule has 180 valence electrons. The minimum Gasteiger partial charge on any atom is -0.493 e. The van der Waals surface area contributed by atoms with E-state index in [0.717, 1.165) is 21.7 Å². The normalized spacial score (nSPS) is 14.0. The van der Waals surface area contributed by atoms with Gasteiger partial charge < -0.3 is 14.8 Å². The van der Waals surface area contributed by atoms with Crippen LogP contribution in [0.1, 0.15) is 11.1 Å². The van der Waals surface area contributed by atoms with Crippen LogP contribution in [0, 0.1) is 0 Å². The van der Waals surface area contributed by atoms with Gasteiger partial charge in [-0.1, -0.05) is 53.7 Å². The molecule has 0 radical (unpaired) electrons. The largest absolute Gasteiger partial charge is 0.493 e. The number of anilines is 1. The first-order valence-electron chi connectivity index (χ1n) is 11.0. The molecular formula is C27H25ClN2O4S. The fraction of sp³-hybridized carbons (Fsp3) is 0.185. The van der Waals surface area contributed by atoms with Gasteiger partial charge in [0.1, 0.15) is 6.54 Å². The number of rotatable bonds is 8. The first-order chi connectivity index (χ1) is 17.0. The van der Waals surface area contributed by atoms with E-state index >= 15 is 0 Å². The van der Waals surface area contributed by atoms with Crippen molar-refractivity contribution in [3.8, 4) is 11.5 Å². The number of methoxy groups -OCH3 is 2. The third-order valence-corrected chi connectivity index (χ3v) is 6.78. The summed E-state index contributed by atoms with van der Waals surface area (Å²) >= 11 is 7.50. The molecule has 0 saturated heterocycles. The molecule has 1 heterocycles. The van der Waals surface area contributed by atoms with Crippen LogP contribution in [0.15, 0.2) is 76.5 Å². The number of carbonyl (C=O) groups is 2. The molecule has 1 aliphatic rings. The van der Waals surface area contributed by atoms with Gasteiger partial charge in [0.2, 0.25) is 5.91 Å². The zero-order valence-electron chi connectivity index (χ0n) is 19.4. The SMILES string of the molecule is COc1ccc(CCNC(=O)CN2C(=O)/C(=C/c3cccc(Cl)c3)Sc3ccccc32)cc1OC. The summed E-state index contributed by atoms with van der Waals surface area (Å²) in [5.41, 5.74) is 2.55. The van der Waals surface area contributed by atoms with Crippen LogP contribution in [0.25, 0.3) is 6.08 Å². The molecular weight excluding hydrogens is 484 g/mol. The standard InChI is InChI=1S/C27H25ClN2O4S/c1-33-22-11-10-18(15-23(22)34-2)12-13-29-26(31)17-30-21-8-3-4-9-24(21)35-25(27(30)32)16-19-6-5-7-20(28)14-19/h3-11,14-16H,12-13,17H2,1-2H3,(H,29,31)/b25-16-. The average molecular weight is 509 g/mol. The lowest BCUT2D eigenvalue weighted by atomic mass is 10.1. The molecule has 3 aromatic carbocycles. The van der Waals surface area contributed by atoms with E-state index in [0.29, 0.717) is 34.4 Å². The average Bonchev–Trinajstić information content (AvgIpc) is 2.86. The second-order valence-corrected chi connectivity index (χ2v) is 9.33. The number of para-hydroxylation sites is 1. The molecule has 1 aliphatic heterocycles. The fourth-order valence-corrected chi connectivity index (χ4v) is 5.01. The minimum atomic E-state index is -0.234. The predicted octanol–water partition coefficient (Wildman–Crippen LogP) is 5.20. The summed E-state index contributed by atoms with van der Waals surface area (Å²) in [4.78, 5) is 29.1. The summed E-state index contributed by atoms with van der Waals surface area (Å²) < 4.78 is 10.6. The molecule has 8 heteroatoms. The molecule has 2 amide bonds. The van der Waals surface area contributed by atoms with Gasteiger partial charge >= 0.3 is 0 Å². The molecule has 0 fully saturated rings. The quantitative estimate of drug-likeness (QED) is 0.424. The van der Waals surface area contributed by atoms with Crippen LogP contribution < -0.4 is 19.7 Å². The van der Waals surface area contributed by atoms with E-state index in [2.05, 4.69) is 5.32 Å². The van der Waals surface area contributed by atoms with Gasteiger partial charge in [-0.2, -0.15) is 0 Å². The van der Waals surface area contributed by atoms with Crippen LogP contribution in [0.4, 0.5) is 5.69 Å². The molecule has 0 atom stereocenters. The van der Waals surface area contributed by atoms with E-state index in [1.807, 2.05) is 54.6 Å². The Balaban J connectivity index is 1.45. The number of benzene rings is 3. The Hall–Kier alpha value is -3.42. The molecule has 0 bridgehead atoms. The first kappa shape index (κ1) is 24.7. The molecule has 0 unspecified atom stereocenters. The van der Waals surface area contributed by atoms with Crippen LogP contribution in [0.3, 0.4) is 0 Å². The number of nitrogens with zero attached hydrogens (tertiary/aromatic N) is 1. The smallest absolute Gasteiger partial charge is 0.265 e. The van der Waals surface area contributed by atoms with Crippen molar-refractivity contribution in [2.75, 3.05) is 32.2 Å². The zero-order chi connectivity index (χ0) is 24.8. The number of amides is 2. The van der Waals surface area contributed by atoms with Crippen molar-refractivity contribution in [1.82, 2.24) is 5.32 Å². The van der Waals surface area contributed by atoms with Crippen LogP contribution in [0.5, 0.6) is 11.5 Å². The topological polar surface area (TPSA) is 67.9 Å². The Morgan fingerprint density at radius 3 is 2.60 bits per heavy atom. The van der Waals surface area contributed by atoms with Crippen LogP contribution in [-0.2, 0) is 16.0 Å². The van der Waals surface area contributed by atoms with E-state index in [9.17, 15) is 9.59 Å². The van der Waals surface area contributed by atoms with Crippen LogP contribution in [0.2, 0.25) is 5.02 Å². The molecule has 0 aromatic heterocycles. The Morgan fingerprint density at radius 1 is 1.03 bits per heavy atom. The Bertz CT molecular complexity index is 1280. The van der Waals surface area contributed by atoms with Crippen LogP contribution in [-0.4, -0.2) is 39.1 Å². The first-order valence-corrected chi connectivity index (χ1v) is 12.2. The second-order valence-electron chi connectivity index (χ2n) is 7.81. The number of fused-ring (bicyclic) bond motifs is 1. The monoisotopic (exact) mass is 508 g/mol. The summed E-state index contributed by atoms with van der Waals surface area (Å²) in [6.07, 6.45) is 2.42. The molecule has 3 aromatic rings. The Kier molecular flexibility index (Phi) is 8.00. The van der Waals surface area contributed by atoms with Crippen molar-refractivity contribution in [3.63, 3.8) is 0 Å². The minimum absolute atomic E-state index is 0.0742. The van der Waals surface area contributed by atoms with Gasteiger partial charge in [0.25, 0.3) is 5.91 Å². The summed E-state index contributed by atoms with van der Waals surface area (Å²) in [5, 5.41) is 3.52. The van der Waals surface area contributed by atoms with E-state index < -0.39 is 0 Å². The number of halogens is 1. The molecule has 0 aliphatic carbocycles. The van der Waals surface area contributed by atoms with Crippen LogP contribution >= 0.6 is 23.4 Å². The lowest BCUT2D eigenvalue weighted by molar-refractivity contribution is -0.122. The molecule has 0 saturated carbocycles. The maximum absolute atomic E-state index is 13.3. The summed E-state index contributed by atoms with van der Waals surface area (Å²) in [5.74, 6) is 0.844. The summed E-state index contributed by atoms with van der Waals surface area (Å²) in [6.45, 7) is 0.354. The van der Waals surface area contributed by atoms with E-state index in [-0.39, 0.29) is 18.4 Å². The molecule has 1 N–H and O–H groups in total. The highest BCUT2D eigenvalue weighted by Gasteiger charge is 2.30. The number of hydrogen-bond donors (Lipinski definition) is 1. The second kappa shape index (κ2) is 11.3. The van der Waals surface area contributed by atoms with E-state index in [1.165, 1.54) is 16.7 Å². The van der Waals surface area contributed by atoms with Gasteiger partial charge in [-0.15, -0.1) is 0 Å². The number of hydrogen-bond acceptors (Lipinski definition) is 5. The van der Waals surface area contributed by atoms with Gasteiger partial charge in [-0.3, -0.25) is 14.5 Å². The van der Waals surface area contributed by atoms with Gasteiger partial charge in [-0.05, 0) is 60.0 Å². The van der Waals surface area contributed by atoms with Crippen molar-refractivity contribution < 1.29 is 19.1 Å². The predicted molar refractivity (Wildman–Crippen MR) is 140 cm³/mol. The molecule has 4 rings (SSSR count). The van der Waals surface area contributed by atoms with Crippen molar-refractivity contribution in [1.29, 1.82) is 0 Å². The fourth-order valence-electron chi connectivity index (χ4n) is 3.75. The van der Waals surface area contributed by atoms with Gasteiger partial charge in [0.05, 0.1) is 24.8 Å². The number of ether oxygens (including phenoxy) is 2. The summed E-state index contributed by atoms with van der Waals surface area (Å²) in [6, 6.07) is 20.5. The molecule has 0 spiro atoms. The number of nitrogens with one attached hydrogen (secondary N) is 1. The Morgan fingerprint density at radius 2 is 1.83 bits per heavy atom. The lowest BCUT2D eigenvalue weighted by Crippen LogP contribution is -2.43. The van der Waals surface area contributed by atoms with Gasteiger partial charge in [0.15, 0.2) is 11.5 Å². The molecule has 35 heavy (non-hydrogen) atoms. The van der Waals surface area contributed by atoms with Crippen molar-refractivity contribution in [2.45, 2.75) is 11.3 Å². The third kappa shape index (κ3) is 5.99. The zero-order valence-corrected chi connectivity index (χ0v) is 21.0. The third-order valence-electron chi connectivity index (χ3n) is 5.46. The number of thioether (sulfide) groups is 1. The van der Waals surface area contributed by atoms with E-state index in [1.54, 1.807) is 32.4 Å². The highest BCUT2D eigenvalue weighted by atomic mass is 35.5. The Labute approximate surface area is 213 Å². The van der Waals surface area contributed by atoms with Crippen molar-refractivity contribution in [3.05, 3.63) is 87.8 Å². The summed E-state index contributed by atoms with van der Waals surface area (Å²) in [7, 11) is 3.18. The highest BCUT2D eigenvalue weighted by Crippen LogP contribution is 2.42. The van der Waals surface area contributed by atoms with Crippen molar-refractivity contribution in [2.24, 2.45) is 0 Å². The highest BCUT2D eigenvalue weighted by molar-refractivity contribution is 8.04. The lowest BCUT2D eigenvalue weighted by Gasteiger charge is -2.29. The van der Waals surface area contributed by atoms with E-state index in [4.69, 9.17) is 21.1 Å². The molecule has 6 nitrogen and oxygen atoms in total. The maximum atomic E-state index is 13.3. The van der Waals surface area contributed by atoms with Gasteiger partial charge in [-0.25, -0.2) is 0 Å². The maximum Gasteiger partial charge on any atom is 0.265 e.